The summed E-state index contributed by atoms with van der Waals surface area (Å²) in [7, 11) is 1.59. The van der Waals surface area contributed by atoms with Gasteiger partial charge in [-0.15, -0.1) is 0 Å². The lowest BCUT2D eigenvalue weighted by molar-refractivity contribution is -0.135. The summed E-state index contributed by atoms with van der Waals surface area (Å²) in [6.45, 7) is 3.00. The molecule has 2 heterocycles. The molecule has 1 aromatic carbocycles. The van der Waals surface area contributed by atoms with E-state index in [1.54, 1.807) is 36.5 Å². The molecule has 0 saturated heterocycles. The standard InChI is InChI=1S/C19H21N3O3/c1-3-22(12-13-6-8-20-9-7-13)19(24)16-11-18(23)21-17-5-4-14(25-2)10-15(16)17/h4-10,16H,3,11-12H2,1-2H3,(H,21,23)/t16-/m1/s1. The van der Waals surface area contributed by atoms with Gasteiger partial charge in [-0.05, 0) is 48.4 Å². The van der Waals surface area contributed by atoms with Gasteiger partial charge in [-0.2, -0.15) is 0 Å². The molecule has 0 spiro atoms. The van der Waals surface area contributed by atoms with Gasteiger partial charge >= 0.3 is 0 Å². The summed E-state index contributed by atoms with van der Waals surface area (Å²) in [6, 6.07) is 9.17. The van der Waals surface area contributed by atoms with Gasteiger partial charge < -0.3 is 15.0 Å². The number of rotatable bonds is 5. The monoisotopic (exact) mass is 339 g/mol. The van der Waals surface area contributed by atoms with Crippen molar-refractivity contribution in [3.8, 4) is 5.75 Å². The molecule has 6 heteroatoms. The van der Waals surface area contributed by atoms with Crippen molar-refractivity contribution in [3.63, 3.8) is 0 Å². The number of anilines is 1. The number of hydrogen-bond acceptors (Lipinski definition) is 4. The molecule has 25 heavy (non-hydrogen) atoms. The Morgan fingerprint density at radius 3 is 2.76 bits per heavy atom. The first-order chi connectivity index (χ1) is 12.1. The van der Waals surface area contributed by atoms with Crippen LogP contribution in [-0.2, 0) is 16.1 Å². The largest absolute Gasteiger partial charge is 0.497 e. The first kappa shape index (κ1) is 17.0. The molecule has 0 saturated carbocycles. The number of ether oxygens (including phenoxy) is 1. The lowest BCUT2D eigenvalue weighted by Crippen LogP contribution is -2.38. The van der Waals surface area contributed by atoms with E-state index in [2.05, 4.69) is 10.3 Å². The van der Waals surface area contributed by atoms with Crippen molar-refractivity contribution in [1.82, 2.24) is 9.88 Å². The van der Waals surface area contributed by atoms with E-state index in [1.165, 1.54) is 0 Å². The summed E-state index contributed by atoms with van der Waals surface area (Å²) in [5.41, 5.74) is 2.49. The highest BCUT2D eigenvalue weighted by Crippen LogP contribution is 2.36. The number of amides is 2. The van der Waals surface area contributed by atoms with Gasteiger partial charge in [0, 0.05) is 37.6 Å². The van der Waals surface area contributed by atoms with E-state index in [1.807, 2.05) is 25.1 Å². The van der Waals surface area contributed by atoms with Crippen LogP contribution in [0.25, 0.3) is 0 Å². The molecule has 1 N–H and O–H groups in total. The van der Waals surface area contributed by atoms with E-state index in [0.29, 0.717) is 24.5 Å². The highest BCUT2D eigenvalue weighted by molar-refractivity contribution is 6.01. The number of nitrogens with one attached hydrogen (secondary N) is 1. The number of carbonyl (C=O) groups is 2. The molecule has 1 aliphatic heterocycles. The second kappa shape index (κ2) is 7.34. The molecule has 0 radical (unpaired) electrons. The number of fused-ring (bicyclic) bond motifs is 1. The van der Waals surface area contributed by atoms with Crippen molar-refractivity contribution < 1.29 is 14.3 Å². The first-order valence-electron chi connectivity index (χ1n) is 8.27. The maximum atomic E-state index is 13.1. The van der Waals surface area contributed by atoms with Crippen LogP contribution < -0.4 is 10.1 Å². The van der Waals surface area contributed by atoms with Crippen LogP contribution in [0.3, 0.4) is 0 Å². The Hall–Kier alpha value is -2.89. The smallest absolute Gasteiger partial charge is 0.231 e. The van der Waals surface area contributed by atoms with Crippen LogP contribution in [0, 0.1) is 0 Å². The molecule has 2 amide bonds. The Labute approximate surface area is 146 Å². The number of hydrogen-bond donors (Lipinski definition) is 1. The van der Waals surface area contributed by atoms with Gasteiger partial charge in [-0.1, -0.05) is 0 Å². The number of carbonyl (C=O) groups excluding carboxylic acids is 2. The highest BCUT2D eigenvalue weighted by atomic mass is 16.5. The molecular weight excluding hydrogens is 318 g/mol. The van der Waals surface area contributed by atoms with Gasteiger partial charge in [-0.3, -0.25) is 14.6 Å². The molecule has 6 nitrogen and oxygen atoms in total. The third kappa shape index (κ3) is 3.63. The molecular formula is C19H21N3O3. The van der Waals surface area contributed by atoms with Gasteiger partial charge in [-0.25, -0.2) is 0 Å². The van der Waals surface area contributed by atoms with Crippen LogP contribution in [0.4, 0.5) is 5.69 Å². The predicted octanol–water partition coefficient (Wildman–Crippen LogP) is 2.56. The van der Waals surface area contributed by atoms with Crippen molar-refractivity contribution in [3.05, 3.63) is 53.9 Å². The molecule has 0 fully saturated rings. The summed E-state index contributed by atoms with van der Waals surface area (Å²) in [5.74, 6) is -0.0230. The zero-order valence-corrected chi connectivity index (χ0v) is 14.4. The summed E-state index contributed by atoms with van der Waals surface area (Å²) >= 11 is 0. The Balaban J connectivity index is 1.89. The average Bonchev–Trinajstić information content (AvgIpc) is 2.65. The van der Waals surface area contributed by atoms with E-state index < -0.39 is 5.92 Å². The Bertz CT molecular complexity index is 777. The average molecular weight is 339 g/mol. The van der Waals surface area contributed by atoms with E-state index in [4.69, 9.17) is 4.74 Å². The molecule has 1 aliphatic rings. The maximum Gasteiger partial charge on any atom is 0.231 e. The molecule has 0 bridgehead atoms. The molecule has 0 unspecified atom stereocenters. The number of pyridine rings is 1. The van der Waals surface area contributed by atoms with Crippen LogP contribution in [0.5, 0.6) is 5.75 Å². The Morgan fingerprint density at radius 1 is 1.32 bits per heavy atom. The second-order valence-electron chi connectivity index (χ2n) is 5.97. The van der Waals surface area contributed by atoms with Crippen molar-refractivity contribution >= 4 is 17.5 Å². The van der Waals surface area contributed by atoms with Crippen LogP contribution >= 0.6 is 0 Å². The summed E-state index contributed by atoms with van der Waals surface area (Å²) in [6.07, 6.45) is 3.57. The molecule has 1 atom stereocenters. The minimum absolute atomic E-state index is 0.0522. The number of likely N-dealkylation sites (N-methyl/N-ethyl adjacent to an activating group) is 1. The topological polar surface area (TPSA) is 71.5 Å². The quantitative estimate of drug-likeness (QED) is 0.909. The molecule has 130 valence electrons. The number of aromatic nitrogens is 1. The predicted molar refractivity (Wildman–Crippen MR) is 94.3 cm³/mol. The number of methoxy groups -OCH3 is 1. The fraction of sp³-hybridized carbons (Fsp3) is 0.316. The van der Waals surface area contributed by atoms with Crippen molar-refractivity contribution in [2.24, 2.45) is 0 Å². The third-order valence-electron chi connectivity index (χ3n) is 4.41. The van der Waals surface area contributed by atoms with Gasteiger partial charge in [0.2, 0.25) is 11.8 Å². The van der Waals surface area contributed by atoms with E-state index in [-0.39, 0.29) is 18.2 Å². The molecule has 2 aromatic rings. The fourth-order valence-corrected chi connectivity index (χ4v) is 3.06. The Kier molecular flexibility index (Phi) is 4.97. The van der Waals surface area contributed by atoms with Crippen LogP contribution in [-0.4, -0.2) is 35.4 Å². The van der Waals surface area contributed by atoms with Crippen LogP contribution in [0.15, 0.2) is 42.7 Å². The molecule has 1 aromatic heterocycles. The maximum absolute atomic E-state index is 13.1. The SMILES string of the molecule is CCN(Cc1ccncc1)C(=O)[C@@H]1CC(=O)Nc2ccc(OC)cc21. The molecule has 3 rings (SSSR count). The number of nitrogens with zero attached hydrogens (tertiary/aromatic N) is 2. The highest BCUT2D eigenvalue weighted by Gasteiger charge is 2.33. The molecule has 0 aliphatic carbocycles. The van der Waals surface area contributed by atoms with E-state index in [9.17, 15) is 9.59 Å². The van der Waals surface area contributed by atoms with Crippen LogP contribution in [0.1, 0.15) is 30.4 Å². The van der Waals surface area contributed by atoms with Gasteiger partial charge in [0.05, 0.1) is 13.0 Å². The zero-order valence-electron chi connectivity index (χ0n) is 14.4. The lowest BCUT2D eigenvalue weighted by atomic mass is 9.89. The number of benzene rings is 1. The van der Waals surface area contributed by atoms with Gasteiger partial charge in [0.15, 0.2) is 0 Å². The Morgan fingerprint density at radius 2 is 2.08 bits per heavy atom. The normalized spacial score (nSPS) is 15.9. The summed E-state index contributed by atoms with van der Waals surface area (Å²) in [5, 5.41) is 2.83. The van der Waals surface area contributed by atoms with Crippen molar-refractivity contribution in [2.45, 2.75) is 25.8 Å². The van der Waals surface area contributed by atoms with E-state index in [0.717, 1.165) is 11.1 Å². The van der Waals surface area contributed by atoms with Gasteiger partial charge in [0.25, 0.3) is 0 Å². The minimum Gasteiger partial charge on any atom is -0.497 e. The van der Waals surface area contributed by atoms with Crippen LogP contribution in [0.2, 0.25) is 0 Å². The van der Waals surface area contributed by atoms with Gasteiger partial charge in [0.1, 0.15) is 5.75 Å². The fourth-order valence-electron chi connectivity index (χ4n) is 3.06. The summed E-state index contributed by atoms with van der Waals surface area (Å²) in [4.78, 5) is 30.9. The second-order valence-corrected chi connectivity index (χ2v) is 5.97. The van der Waals surface area contributed by atoms with Crippen molar-refractivity contribution in [2.75, 3.05) is 19.0 Å². The third-order valence-corrected chi connectivity index (χ3v) is 4.41. The minimum atomic E-state index is -0.499. The zero-order chi connectivity index (χ0) is 17.8. The van der Waals surface area contributed by atoms with Crippen molar-refractivity contribution in [1.29, 1.82) is 0 Å². The van der Waals surface area contributed by atoms with E-state index >= 15 is 0 Å². The summed E-state index contributed by atoms with van der Waals surface area (Å²) < 4.78 is 5.27. The lowest BCUT2D eigenvalue weighted by Gasteiger charge is -2.30. The first-order valence-corrected chi connectivity index (χ1v) is 8.27.